The van der Waals surface area contributed by atoms with Crippen molar-refractivity contribution in [1.29, 1.82) is 0 Å². The number of aromatic nitrogens is 1. The van der Waals surface area contributed by atoms with Crippen molar-refractivity contribution in [2.75, 3.05) is 11.9 Å². The Kier molecular flexibility index (Phi) is 4.88. The molecule has 6 nitrogen and oxygen atoms in total. The SMILES string of the molecule is CC(C)(C)c1cc(NC(=O)N[C@@H]2CCCC[C@H]2CO)no1. The van der Waals surface area contributed by atoms with Gasteiger partial charge >= 0.3 is 6.03 Å². The Morgan fingerprint density at radius 2 is 2.14 bits per heavy atom. The van der Waals surface area contributed by atoms with E-state index in [0.717, 1.165) is 31.4 Å². The first-order valence-electron chi connectivity index (χ1n) is 7.55. The van der Waals surface area contributed by atoms with Gasteiger partial charge in [-0.25, -0.2) is 4.79 Å². The minimum Gasteiger partial charge on any atom is -0.396 e. The molecule has 3 N–H and O–H groups in total. The summed E-state index contributed by atoms with van der Waals surface area (Å²) in [5.41, 5.74) is -0.144. The van der Waals surface area contributed by atoms with Crippen LogP contribution in [0.1, 0.15) is 52.2 Å². The van der Waals surface area contributed by atoms with Crippen molar-refractivity contribution in [2.45, 2.75) is 57.9 Å². The van der Waals surface area contributed by atoms with Gasteiger partial charge in [0.15, 0.2) is 5.82 Å². The van der Waals surface area contributed by atoms with Crippen LogP contribution in [-0.4, -0.2) is 28.9 Å². The summed E-state index contributed by atoms with van der Waals surface area (Å²) >= 11 is 0. The number of aliphatic hydroxyl groups is 1. The molecular weight excluding hydrogens is 270 g/mol. The molecule has 0 aromatic carbocycles. The van der Waals surface area contributed by atoms with Crippen LogP contribution in [0.3, 0.4) is 0 Å². The summed E-state index contributed by atoms with van der Waals surface area (Å²) in [5.74, 6) is 1.28. The Balaban J connectivity index is 1.91. The van der Waals surface area contributed by atoms with Crippen molar-refractivity contribution in [3.8, 4) is 0 Å². The van der Waals surface area contributed by atoms with Gasteiger partial charge in [0, 0.05) is 30.0 Å². The maximum atomic E-state index is 12.0. The Morgan fingerprint density at radius 3 is 2.76 bits per heavy atom. The van der Waals surface area contributed by atoms with E-state index in [1.54, 1.807) is 6.07 Å². The summed E-state index contributed by atoms with van der Waals surface area (Å²) in [6, 6.07) is 1.47. The van der Waals surface area contributed by atoms with Gasteiger partial charge in [-0.1, -0.05) is 38.8 Å². The molecule has 1 aliphatic rings. The highest BCUT2D eigenvalue weighted by Gasteiger charge is 2.26. The smallest absolute Gasteiger partial charge is 0.320 e. The summed E-state index contributed by atoms with van der Waals surface area (Å²) in [7, 11) is 0. The topological polar surface area (TPSA) is 87.4 Å². The van der Waals surface area contributed by atoms with Crippen LogP contribution in [0, 0.1) is 5.92 Å². The molecule has 1 aromatic rings. The van der Waals surface area contributed by atoms with E-state index in [0.29, 0.717) is 5.82 Å². The molecule has 118 valence electrons. The van der Waals surface area contributed by atoms with E-state index in [9.17, 15) is 9.90 Å². The molecule has 1 aromatic heterocycles. The minimum atomic E-state index is -0.297. The first kappa shape index (κ1) is 15.8. The first-order valence-corrected chi connectivity index (χ1v) is 7.55. The van der Waals surface area contributed by atoms with Crippen molar-refractivity contribution in [3.05, 3.63) is 11.8 Å². The van der Waals surface area contributed by atoms with E-state index in [1.807, 2.05) is 20.8 Å². The van der Waals surface area contributed by atoms with Crippen LogP contribution in [0.15, 0.2) is 10.6 Å². The van der Waals surface area contributed by atoms with Gasteiger partial charge in [0.1, 0.15) is 5.76 Å². The molecule has 0 saturated heterocycles. The average Bonchev–Trinajstić information content (AvgIpc) is 2.87. The Morgan fingerprint density at radius 1 is 1.43 bits per heavy atom. The number of rotatable bonds is 3. The van der Waals surface area contributed by atoms with Crippen molar-refractivity contribution < 1.29 is 14.4 Å². The molecule has 2 amide bonds. The maximum absolute atomic E-state index is 12.0. The van der Waals surface area contributed by atoms with Gasteiger partial charge in [-0.05, 0) is 12.8 Å². The second-order valence-corrected chi connectivity index (χ2v) is 6.76. The zero-order valence-electron chi connectivity index (χ0n) is 13.0. The van der Waals surface area contributed by atoms with Gasteiger partial charge in [0.2, 0.25) is 0 Å². The van der Waals surface area contributed by atoms with Crippen LogP contribution >= 0.6 is 0 Å². The molecule has 1 heterocycles. The number of anilines is 1. The van der Waals surface area contributed by atoms with Crippen LogP contribution in [0.25, 0.3) is 0 Å². The molecule has 0 spiro atoms. The highest BCUT2D eigenvalue weighted by atomic mass is 16.5. The molecule has 21 heavy (non-hydrogen) atoms. The number of hydrogen-bond donors (Lipinski definition) is 3. The highest BCUT2D eigenvalue weighted by molar-refractivity contribution is 5.88. The van der Waals surface area contributed by atoms with E-state index in [4.69, 9.17) is 4.52 Å². The van der Waals surface area contributed by atoms with E-state index in [1.165, 1.54) is 0 Å². The maximum Gasteiger partial charge on any atom is 0.320 e. The van der Waals surface area contributed by atoms with Gasteiger partial charge < -0.3 is 14.9 Å². The first-order chi connectivity index (χ1) is 9.90. The molecule has 2 rings (SSSR count). The number of hydrogen-bond acceptors (Lipinski definition) is 4. The fourth-order valence-electron chi connectivity index (χ4n) is 2.62. The number of carbonyl (C=O) groups excluding carboxylic acids is 1. The van der Waals surface area contributed by atoms with E-state index in [-0.39, 0.29) is 30.0 Å². The largest absolute Gasteiger partial charge is 0.396 e. The third-order valence-corrected chi connectivity index (χ3v) is 3.95. The summed E-state index contributed by atoms with van der Waals surface area (Å²) in [5, 5.41) is 18.8. The van der Waals surface area contributed by atoms with Crippen LogP contribution in [0.4, 0.5) is 10.6 Å². The predicted octanol–water partition coefficient (Wildman–Crippen LogP) is 2.64. The fraction of sp³-hybridized carbons (Fsp3) is 0.733. The normalized spacial score (nSPS) is 22.9. The van der Waals surface area contributed by atoms with E-state index >= 15 is 0 Å². The predicted molar refractivity (Wildman–Crippen MR) is 80.2 cm³/mol. The molecule has 0 unspecified atom stereocenters. The lowest BCUT2D eigenvalue weighted by atomic mass is 9.85. The molecule has 2 atom stereocenters. The molecule has 0 aliphatic heterocycles. The molecule has 1 aliphatic carbocycles. The molecule has 0 radical (unpaired) electrons. The Hall–Kier alpha value is -1.56. The second-order valence-electron chi connectivity index (χ2n) is 6.76. The Bertz CT molecular complexity index is 479. The molecule has 1 fully saturated rings. The summed E-state index contributed by atoms with van der Waals surface area (Å²) < 4.78 is 5.23. The van der Waals surface area contributed by atoms with Crippen molar-refractivity contribution in [1.82, 2.24) is 10.5 Å². The van der Waals surface area contributed by atoms with Crippen LogP contribution in [0.2, 0.25) is 0 Å². The molecule has 6 heteroatoms. The number of aliphatic hydroxyl groups excluding tert-OH is 1. The summed E-state index contributed by atoms with van der Waals surface area (Å²) in [6.45, 7) is 6.17. The van der Waals surface area contributed by atoms with Crippen molar-refractivity contribution >= 4 is 11.8 Å². The number of nitrogens with zero attached hydrogens (tertiary/aromatic N) is 1. The monoisotopic (exact) mass is 295 g/mol. The number of carbonyl (C=O) groups is 1. The molecule has 0 bridgehead atoms. The van der Waals surface area contributed by atoms with Crippen LogP contribution in [0.5, 0.6) is 0 Å². The standard InChI is InChI=1S/C15H25N3O3/c1-15(2,3)12-8-13(18-21-12)17-14(20)16-11-7-5-4-6-10(11)9-19/h8,10-11,19H,4-7,9H2,1-3H3,(H2,16,17,18,20)/t10-,11+/m0/s1. The van der Waals surface area contributed by atoms with E-state index < -0.39 is 0 Å². The van der Waals surface area contributed by atoms with Gasteiger partial charge in [-0.2, -0.15) is 0 Å². The lowest BCUT2D eigenvalue weighted by molar-refractivity contribution is 0.156. The highest BCUT2D eigenvalue weighted by Crippen LogP contribution is 2.25. The zero-order chi connectivity index (χ0) is 15.5. The second kappa shape index (κ2) is 6.47. The zero-order valence-corrected chi connectivity index (χ0v) is 13.0. The third-order valence-electron chi connectivity index (χ3n) is 3.95. The number of amides is 2. The Labute approximate surface area is 125 Å². The summed E-state index contributed by atoms with van der Waals surface area (Å²) in [4.78, 5) is 12.0. The summed E-state index contributed by atoms with van der Waals surface area (Å²) in [6.07, 6.45) is 4.06. The van der Waals surface area contributed by atoms with E-state index in [2.05, 4.69) is 15.8 Å². The number of urea groups is 1. The van der Waals surface area contributed by atoms with Gasteiger partial charge in [0.25, 0.3) is 0 Å². The molecular formula is C15H25N3O3. The lowest BCUT2D eigenvalue weighted by Gasteiger charge is -2.30. The van der Waals surface area contributed by atoms with Gasteiger partial charge in [0.05, 0.1) is 0 Å². The van der Waals surface area contributed by atoms with Crippen molar-refractivity contribution in [3.63, 3.8) is 0 Å². The minimum absolute atomic E-state index is 0.0257. The van der Waals surface area contributed by atoms with Gasteiger partial charge in [-0.15, -0.1) is 0 Å². The average molecular weight is 295 g/mol. The molecule has 1 saturated carbocycles. The fourth-order valence-corrected chi connectivity index (χ4v) is 2.62. The van der Waals surface area contributed by atoms with Gasteiger partial charge in [-0.3, -0.25) is 5.32 Å². The van der Waals surface area contributed by atoms with Crippen LogP contribution in [-0.2, 0) is 5.41 Å². The quantitative estimate of drug-likeness (QED) is 0.800. The van der Waals surface area contributed by atoms with Crippen LogP contribution < -0.4 is 10.6 Å². The number of nitrogens with one attached hydrogen (secondary N) is 2. The lowest BCUT2D eigenvalue weighted by Crippen LogP contribution is -2.45. The van der Waals surface area contributed by atoms with Crippen molar-refractivity contribution in [2.24, 2.45) is 5.92 Å². The third kappa shape index (κ3) is 4.20.